The highest BCUT2D eigenvalue weighted by Gasteiger charge is 2.55. The second kappa shape index (κ2) is 6.57. The van der Waals surface area contributed by atoms with E-state index in [1.165, 1.54) is 0 Å². The summed E-state index contributed by atoms with van der Waals surface area (Å²) in [5.41, 5.74) is -1.48. The van der Waals surface area contributed by atoms with Gasteiger partial charge in [0.25, 0.3) is 0 Å². The van der Waals surface area contributed by atoms with Gasteiger partial charge in [-0.1, -0.05) is 27.7 Å². The summed E-state index contributed by atoms with van der Waals surface area (Å²) in [4.78, 5) is 27.4. The molecule has 0 spiro atoms. The van der Waals surface area contributed by atoms with Crippen LogP contribution in [-0.2, 0) is 14.3 Å². The fourth-order valence-electron chi connectivity index (χ4n) is 3.14. The SMILES string of the molecule is CCC1(CC)NC(=O)C(CC)(CC)N(CCOC)C1=O. The first-order chi connectivity index (χ1) is 9.47. The number of ether oxygens (including phenoxy) is 1. The Morgan fingerprint density at radius 3 is 2.00 bits per heavy atom. The van der Waals surface area contributed by atoms with Crippen molar-refractivity contribution in [1.82, 2.24) is 10.2 Å². The number of piperazine rings is 1. The zero-order valence-corrected chi connectivity index (χ0v) is 13.4. The Kier molecular flexibility index (Phi) is 5.57. The lowest BCUT2D eigenvalue weighted by Crippen LogP contribution is -2.75. The zero-order chi connectivity index (χ0) is 15.4. The van der Waals surface area contributed by atoms with E-state index in [9.17, 15) is 9.59 Å². The number of carbonyl (C=O) groups is 2. The highest BCUT2D eigenvalue weighted by molar-refractivity contribution is 6.02. The van der Waals surface area contributed by atoms with E-state index in [-0.39, 0.29) is 11.8 Å². The minimum absolute atomic E-state index is 0.0260. The van der Waals surface area contributed by atoms with Gasteiger partial charge in [0.2, 0.25) is 11.8 Å². The molecule has 1 heterocycles. The molecule has 116 valence electrons. The van der Waals surface area contributed by atoms with Crippen LogP contribution in [0.5, 0.6) is 0 Å². The quantitative estimate of drug-likeness (QED) is 0.774. The van der Waals surface area contributed by atoms with Crippen LogP contribution in [0.3, 0.4) is 0 Å². The van der Waals surface area contributed by atoms with Gasteiger partial charge in [-0.2, -0.15) is 0 Å². The van der Waals surface area contributed by atoms with Gasteiger partial charge in [0.15, 0.2) is 0 Å². The normalized spacial score (nSPS) is 20.9. The van der Waals surface area contributed by atoms with Gasteiger partial charge >= 0.3 is 0 Å². The zero-order valence-electron chi connectivity index (χ0n) is 13.4. The summed E-state index contributed by atoms with van der Waals surface area (Å²) in [7, 11) is 1.61. The molecule has 0 aromatic rings. The van der Waals surface area contributed by atoms with E-state index in [0.29, 0.717) is 38.8 Å². The van der Waals surface area contributed by atoms with Crippen LogP contribution in [-0.4, -0.2) is 48.1 Å². The van der Waals surface area contributed by atoms with Crippen LogP contribution < -0.4 is 5.32 Å². The topological polar surface area (TPSA) is 58.6 Å². The predicted molar refractivity (Wildman–Crippen MR) is 78.4 cm³/mol. The molecule has 0 atom stereocenters. The first-order valence-electron chi connectivity index (χ1n) is 7.61. The number of rotatable bonds is 7. The van der Waals surface area contributed by atoms with Crippen LogP contribution in [0.15, 0.2) is 0 Å². The number of nitrogens with zero attached hydrogens (tertiary/aromatic N) is 1. The highest BCUT2D eigenvalue weighted by atomic mass is 16.5. The van der Waals surface area contributed by atoms with E-state index in [4.69, 9.17) is 4.74 Å². The highest BCUT2D eigenvalue weighted by Crippen LogP contribution is 2.34. The summed E-state index contributed by atoms with van der Waals surface area (Å²) < 4.78 is 5.12. The van der Waals surface area contributed by atoms with Gasteiger partial charge in [-0.25, -0.2) is 0 Å². The molecule has 0 aromatic heterocycles. The largest absolute Gasteiger partial charge is 0.383 e. The molecule has 1 rings (SSSR count). The molecule has 0 aliphatic carbocycles. The van der Waals surface area contributed by atoms with Crippen molar-refractivity contribution in [2.24, 2.45) is 0 Å². The summed E-state index contributed by atoms with van der Waals surface area (Å²) >= 11 is 0. The van der Waals surface area contributed by atoms with Crippen molar-refractivity contribution in [3.63, 3.8) is 0 Å². The Morgan fingerprint density at radius 1 is 1.05 bits per heavy atom. The maximum atomic E-state index is 13.0. The third-order valence-corrected chi connectivity index (χ3v) is 4.84. The van der Waals surface area contributed by atoms with Crippen molar-refractivity contribution < 1.29 is 14.3 Å². The van der Waals surface area contributed by atoms with E-state index in [1.807, 2.05) is 27.7 Å². The Hall–Kier alpha value is -1.10. The maximum Gasteiger partial charge on any atom is 0.249 e. The number of hydrogen-bond acceptors (Lipinski definition) is 3. The Morgan fingerprint density at radius 2 is 1.60 bits per heavy atom. The number of nitrogens with one attached hydrogen (secondary N) is 1. The van der Waals surface area contributed by atoms with Crippen LogP contribution in [0.2, 0.25) is 0 Å². The molecular weight excluding hydrogens is 256 g/mol. The summed E-state index contributed by atoms with van der Waals surface area (Å²) in [6.07, 6.45) is 2.46. The van der Waals surface area contributed by atoms with Gasteiger partial charge in [-0.15, -0.1) is 0 Å². The van der Waals surface area contributed by atoms with Gasteiger partial charge in [0, 0.05) is 13.7 Å². The molecule has 20 heavy (non-hydrogen) atoms. The summed E-state index contributed by atoms with van der Waals surface area (Å²) in [5.74, 6) is 0.00440. The van der Waals surface area contributed by atoms with Crippen molar-refractivity contribution in [3.8, 4) is 0 Å². The summed E-state index contributed by atoms with van der Waals surface area (Å²) in [6.45, 7) is 8.72. The molecule has 1 saturated heterocycles. The third kappa shape index (κ3) is 2.43. The molecule has 1 fully saturated rings. The van der Waals surface area contributed by atoms with Gasteiger partial charge < -0.3 is 15.0 Å². The maximum absolute atomic E-state index is 13.0. The van der Waals surface area contributed by atoms with Crippen molar-refractivity contribution in [2.45, 2.75) is 64.5 Å². The molecule has 0 radical (unpaired) electrons. The molecule has 2 amide bonds. The first kappa shape index (κ1) is 17.0. The smallest absolute Gasteiger partial charge is 0.249 e. The second-order valence-corrected chi connectivity index (χ2v) is 5.43. The standard InChI is InChI=1S/C15H28N2O3/c1-6-14(7-2)13(19)17(10-11-20-5)15(8-3,9-4)12(18)16-14/h6-11H2,1-5H3,(H,16,18). The molecule has 1 aliphatic heterocycles. The fraction of sp³-hybridized carbons (Fsp3) is 0.867. The Balaban J connectivity index is 3.23. The molecule has 0 bridgehead atoms. The van der Waals surface area contributed by atoms with Crippen LogP contribution in [0.4, 0.5) is 0 Å². The number of methoxy groups -OCH3 is 1. The molecule has 0 unspecified atom stereocenters. The van der Waals surface area contributed by atoms with Gasteiger partial charge in [-0.05, 0) is 25.7 Å². The van der Waals surface area contributed by atoms with Crippen LogP contribution in [0, 0.1) is 0 Å². The first-order valence-corrected chi connectivity index (χ1v) is 7.61. The predicted octanol–water partition coefficient (Wildman–Crippen LogP) is 1.71. The van der Waals surface area contributed by atoms with Gasteiger partial charge in [-0.3, -0.25) is 9.59 Å². The Bertz CT molecular complexity index is 360. The van der Waals surface area contributed by atoms with Crippen LogP contribution in [0.25, 0.3) is 0 Å². The van der Waals surface area contributed by atoms with Gasteiger partial charge in [0.1, 0.15) is 11.1 Å². The lowest BCUT2D eigenvalue weighted by atomic mass is 9.79. The minimum Gasteiger partial charge on any atom is -0.383 e. The summed E-state index contributed by atoms with van der Waals surface area (Å²) in [6, 6.07) is 0. The van der Waals surface area contributed by atoms with Crippen LogP contribution in [0.1, 0.15) is 53.4 Å². The van der Waals surface area contributed by atoms with Crippen molar-refractivity contribution in [2.75, 3.05) is 20.3 Å². The van der Waals surface area contributed by atoms with E-state index in [0.717, 1.165) is 0 Å². The fourth-order valence-corrected chi connectivity index (χ4v) is 3.14. The molecule has 0 saturated carbocycles. The van der Waals surface area contributed by atoms with E-state index >= 15 is 0 Å². The summed E-state index contributed by atoms with van der Waals surface area (Å²) in [5, 5.41) is 3.01. The molecule has 1 N–H and O–H groups in total. The monoisotopic (exact) mass is 284 g/mol. The Labute approximate surface area is 122 Å². The van der Waals surface area contributed by atoms with E-state index in [2.05, 4.69) is 5.32 Å². The molecular formula is C15H28N2O3. The average molecular weight is 284 g/mol. The average Bonchev–Trinajstić information content (AvgIpc) is 2.48. The number of carbonyl (C=O) groups excluding carboxylic acids is 2. The third-order valence-electron chi connectivity index (χ3n) is 4.84. The van der Waals surface area contributed by atoms with E-state index < -0.39 is 11.1 Å². The molecule has 5 heteroatoms. The molecule has 5 nitrogen and oxygen atoms in total. The van der Waals surface area contributed by atoms with Crippen molar-refractivity contribution in [3.05, 3.63) is 0 Å². The molecule has 1 aliphatic rings. The van der Waals surface area contributed by atoms with Crippen molar-refractivity contribution >= 4 is 11.8 Å². The minimum atomic E-state index is -0.751. The number of amides is 2. The second-order valence-electron chi connectivity index (χ2n) is 5.43. The van der Waals surface area contributed by atoms with Gasteiger partial charge in [0.05, 0.1) is 6.61 Å². The van der Waals surface area contributed by atoms with E-state index in [1.54, 1.807) is 12.0 Å². The lowest BCUT2D eigenvalue weighted by Gasteiger charge is -2.52. The lowest BCUT2D eigenvalue weighted by molar-refractivity contribution is -0.165. The number of hydrogen-bond donors (Lipinski definition) is 1. The van der Waals surface area contributed by atoms with Crippen molar-refractivity contribution in [1.29, 1.82) is 0 Å². The molecule has 0 aromatic carbocycles. The van der Waals surface area contributed by atoms with Crippen LogP contribution >= 0.6 is 0 Å².